The first kappa shape index (κ1) is 14.5. The Morgan fingerprint density at radius 2 is 2.20 bits per heavy atom. The molecule has 0 bridgehead atoms. The van der Waals surface area contributed by atoms with Crippen molar-refractivity contribution in [3.8, 4) is 0 Å². The number of allylic oxidation sites excluding steroid dienone is 1. The molecule has 1 atom stereocenters. The van der Waals surface area contributed by atoms with E-state index in [2.05, 4.69) is 6.58 Å². The number of hydrogen-bond donors (Lipinski definition) is 1. The van der Waals surface area contributed by atoms with Crippen molar-refractivity contribution >= 4 is 17.7 Å². The highest BCUT2D eigenvalue weighted by molar-refractivity contribution is 7.99. The molecule has 0 radical (unpaired) electrons. The lowest BCUT2D eigenvalue weighted by Gasteiger charge is -2.09. The molecule has 0 aromatic carbocycles. The van der Waals surface area contributed by atoms with Crippen molar-refractivity contribution in [2.45, 2.75) is 32.7 Å². The Bertz CT molecular complexity index is 207. The summed E-state index contributed by atoms with van der Waals surface area (Å²) in [6, 6.07) is -0.470. The number of rotatable bonds is 8. The molecule has 0 saturated heterocycles. The summed E-state index contributed by atoms with van der Waals surface area (Å²) in [5, 5.41) is 0. The highest BCUT2D eigenvalue weighted by atomic mass is 32.2. The van der Waals surface area contributed by atoms with E-state index < -0.39 is 6.04 Å². The van der Waals surface area contributed by atoms with E-state index in [4.69, 9.17) is 10.5 Å². The van der Waals surface area contributed by atoms with Crippen LogP contribution in [0.15, 0.2) is 12.2 Å². The number of hydrogen-bond acceptors (Lipinski definition) is 4. The van der Waals surface area contributed by atoms with Crippen LogP contribution in [0, 0.1) is 0 Å². The molecule has 0 aliphatic carbocycles. The molecule has 0 saturated carbocycles. The van der Waals surface area contributed by atoms with Crippen molar-refractivity contribution < 1.29 is 9.53 Å². The lowest BCUT2D eigenvalue weighted by atomic mass is 10.2. The Labute approximate surface area is 96.4 Å². The monoisotopic (exact) mass is 231 g/mol. The second kappa shape index (κ2) is 8.80. The van der Waals surface area contributed by atoms with Crippen LogP contribution in [-0.4, -0.2) is 30.1 Å². The van der Waals surface area contributed by atoms with E-state index in [9.17, 15) is 4.79 Å². The number of esters is 1. The van der Waals surface area contributed by atoms with Crippen LogP contribution < -0.4 is 5.73 Å². The van der Waals surface area contributed by atoms with Gasteiger partial charge in [-0.25, -0.2) is 0 Å². The summed E-state index contributed by atoms with van der Waals surface area (Å²) < 4.78 is 4.81. The zero-order chi connectivity index (χ0) is 11.7. The van der Waals surface area contributed by atoms with Crippen LogP contribution in [0.2, 0.25) is 0 Å². The third kappa shape index (κ3) is 8.51. The van der Waals surface area contributed by atoms with Gasteiger partial charge in [0.15, 0.2) is 0 Å². The third-order valence-electron chi connectivity index (χ3n) is 1.84. The van der Waals surface area contributed by atoms with Crippen LogP contribution in [0.1, 0.15) is 26.7 Å². The van der Waals surface area contributed by atoms with Crippen molar-refractivity contribution in [2.24, 2.45) is 5.73 Å². The van der Waals surface area contributed by atoms with Gasteiger partial charge in [0.25, 0.3) is 0 Å². The third-order valence-corrected chi connectivity index (χ3v) is 2.85. The number of carbonyl (C=O) groups is 1. The molecule has 2 N–H and O–H groups in total. The van der Waals surface area contributed by atoms with Crippen molar-refractivity contribution in [1.29, 1.82) is 0 Å². The number of thioether (sulfide) groups is 1. The average Bonchev–Trinajstić information content (AvgIpc) is 2.16. The zero-order valence-corrected chi connectivity index (χ0v) is 10.4. The van der Waals surface area contributed by atoms with Crippen molar-refractivity contribution in [3.63, 3.8) is 0 Å². The van der Waals surface area contributed by atoms with E-state index in [1.807, 2.05) is 6.92 Å². The van der Waals surface area contributed by atoms with Crippen LogP contribution in [0.25, 0.3) is 0 Å². The fourth-order valence-corrected chi connectivity index (χ4v) is 2.04. The maximum atomic E-state index is 11.1. The minimum Gasteiger partial charge on any atom is -0.465 e. The Kier molecular flexibility index (Phi) is 8.52. The minimum atomic E-state index is -0.470. The Hall–Kier alpha value is -0.480. The minimum absolute atomic E-state index is 0.294. The Morgan fingerprint density at radius 3 is 2.73 bits per heavy atom. The molecule has 0 aromatic rings. The Balaban J connectivity index is 3.42. The highest BCUT2D eigenvalue weighted by Gasteiger charge is 2.13. The molecular formula is C11H21NO2S. The van der Waals surface area contributed by atoms with Gasteiger partial charge in [-0.05, 0) is 38.2 Å². The van der Waals surface area contributed by atoms with Gasteiger partial charge < -0.3 is 10.5 Å². The molecule has 0 amide bonds. The van der Waals surface area contributed by atoms with Gasteiger partial charge >= 0.3 is 5.97 Å². The van der Waals surface area contributed by atoms with Gasteiger partial charge in [0.1, 0.15) is 6.04 Å². The second-order valence-electron chi connectivity index (χ2n) is 3.47. The molecule has 0 aliphatic rings. The predicted octanol–water partition coefficient (Wildman–Crippen LogP) is 1.97. The molecule has 1 unspecified atom stereocenters. The quantitative estimate of drug-likeness (QED) is 0.394. The number of ether oxygens (including phenoxy) is 1. The molecule has 0 aliphatic heterocycles. The van der Waals surface area contributed by atoms with Gasteiger partial charge in [-0.1, -0.05) is 5.57 Å². The van der Waals surface area contributed by atoms with Crippen LogP contribution in [-0.2, 0) is 9.53 Å². The van der Waals surface area contributed by atoms with E-state index in [-0.39, 0.29) is 5.97 Å². The zero-order valence-electron chi connectivity index (χ0n) is 9.62. The summed E-state index contributed by atoms with van der Waals surface area (Å²) in [7, 11) is 0. The maximum Gasteiger partial charge on any atom is 0.322 e. The first-order valence-electron chi connectivity index (χ1n) is 5.22. The molecular weight excluding hydrogens is 210 g/mol. The summed E-state index contributed by atoms with van der Waals surface area (Å²) in [5.74, 6) is 1.65. The summed E-state index contributed by atoms with van der Waals surface area (Å²) in [5.41, 5.74) is 6.83. The summed E-state index contributed by atoms with van der Waals surface area (Å²) in [6.07, 6.45) is 1.71. The lowest BCUT2D eigenvalue weighted by molar-refractivity contribution is -0.144. The topological polar surface area (TPSA) is 52.3 Å². The van der Waals surface area contributed by atoms with Gasteiger partial charge in [0, 0.05) is 0 Å². The normalized spacial score (nSPS) is 12.2. The largest absolute Gasteiger partial charge is 0.465 e. The van der Waals surface area contributed by atoms with Gasteiger partial charge in [-0.3, -0.25) is 4.79 Å². The Morgan fingerprint density at radius 1 is 1.53 bits per heavy atom. The van der Waals surface area contributed by atoms with Crippen LogP contribution in [0.4, 0.5) is 0 Å². The fraction of sp³-hybridized carbons (Fsp3) is 0.727. The number of carbonyl (C=O) groups excluding carboxylic acids is 1. The van der Waals surface area contributed by atoms with Crippen LogP contribution in [0.5, 0.6) is 0 Å². The van der Waals surface area contributed by atoms with E-state index in [0.29, 0.717) is 13.0 Å². The van der Waals surface area contributed by atoms with Crippen molar-refractivity contribution in [3.05, 3.63) is 12.2 Å². The van der Waals surface area contributed by atoms with Gasteiger partial charge in [-0.2, -0.15) is 11.8 Å². The van der Waals surface area contributed by atoms with Gasteiger partial charge in [0.2, 0.25) is 0 Å². The second-order valence-corrected chi connectivity index (χ2v) is 4.69. The molecule has 3 nitrogen and oxygen atoms in total. The molecule has 0 aromatic heterocycles. The van der Waals surface area contributed by atoms with Gasteiger partial charge in [-0.15, -0.1) is 6.58 Å². The summed E-state index contributed by atoms with van der Waals surface area (Å²) in [4.78, 5) is 11.1. The summed E-state index contributed by atoms with van der Waals surface area (Å²) >= 11 is 1.80. The standard InChI is InChI=1S/C11H21NO2S/c1-4-14-11(13)10(12)6-8-15-7-5-9(2)3/h10H,2,4-8,12H2,1,3H3. The SMILES string of the molecule is C=C(C)CCSCCC(N)C(=O)OCC. The molecule has 0 fully saturated rings. The first-order valence-corrected chi connectivity index (χ1v) is 6.37. The summed E-state index contributed by atoms with van der Waals surface area (Å²) in [6.45, 7) is 8.03. The van der Waals surface area contributed by atoms with E-state index in [0.717, 1.165) is 17.9 Å². The van der Waals surface area contributed by atoms with E-state index >= 15 is 0 Å². The molecule has 4 heteroatoms. The van der Waals surface area contributed by atoms with E-state index in [1.54, 1.807) is 18.7 Å². The predicted molar refractivity (Wildman–Crippen MR) is 66.0 cm³/mol. The lowest BCUT2D eigenvalue weighted by Crippen LogP contribution is -2.32. The number of nitrogens with two attached hydrogens (primary N) is 1. The first-order chi connectivity index (χ1) is 7.07. The van der Waals surface area contributed by atoms with Gasteiger partial charge in [0.05, 0.1) is 6.61 Å². The molecule has 15 heavy (non-hydrogen) atoms. The molecule has 0 spiro atoms. The molecule has 88 valence electrons. The molecule has 0 heterocycles. The fourth-order valence-electron chi connectivity index (χ4n) is 0.926. The smallest absolute Gasteiger partial charge is 0.322 e. The molecule has 0 rings (SSSR count). The maximum absolute atomic E-state index is 11.1. The van der Waals surface area contributed by atoms with Crippen molar-refractivity contribution in [2.75, 3.05) is 18.1 Å². The van der Waals surface area contributed by atoms with Crippen molar-refractivity contribution in [1.82, 2.24) is 0 Å². The van der Waals surface area contributed by atoms with Crippen LogP contribution >= 0.6 is 11.8 Å². The van der Waals surface area contributed by atoms with Crippen LogP contribution in [0.3, 0.4) is 0 Å². The highest BCUT2D eigenvalue weighted by Crippen LogP contribution is 2.09. The van der Waals surface area contributed by atoms with E-state index in [1.165, 1.54) is 5.57 Å². The average molecular weight is 231 g/mol.